The SMILES string of the molecule is CC[C@@H](N)CNc1ccnc(-c2cc(-c3ccc4c(c3)OCO4)ccc2O)n1. The lowest BCUT2D eigenvalue weighted by Gasteiger charge is -2.12. The first-order chi connectivity index (χ1) is 13.6. The molecule has 0 bridgehead atoms. The van der Waals surface area contributed by atoms with Gasteiger partial charge in [0.2, 0.25) is 6.79 Å². The van der Waals surface area contributed by atoms with E-state index >= 15 is 0 Å². The maximum atomic E-state index is 10.4. The van der Waals surface area contributed by atoms with E-state index in [0.717, 1.165) is 23.3 Å². The molecule has 0 saturated carbocycles. The Morgan fingerprint density at radius 3 is 2.75 bits per heavy atom. The largest absolute Gasteiger partial charge is 0.507 e. The van der Waals surface area contributed by atoms with Crippen LogP contribution in [0.25, 0.3) is 22.5 Å². The lowest BCUT2D eigenvalue weighted by Crippen LogP contribution is -2.28. The van der Waals surface area contributed by atoms with Crippen LogP contribution in [-0.4, -0.2) is 34.5 Å². The Bertz CT molecular complexity index is 993. The van der Waals surface area contributed by atoms with Gasteiger partial charge >= 0.3 is 0 Å². The molecule has 1 aliphatic heterocycles. The fourth-order valence-electron chi connectivity index (χ4n) is 2.94. The van der Waals surface area contributed by atoms with Gasteiger partial charge in [-0.2, -0.15) is 0 Å². The standard InChI is InChI=1S/C21H22N4O3/c1-2-15(22)11-24-20-7-8-23-21(25-20)16-9-13(3-5-17(16)26)14-4-6-18-19(10-14)28-12-27-18/h3-10,15,26H,2,11-12,22H2,1H3,(H,23,24,25)/t15-/m1/s1. The van der Waals surface area contributed by atoms with Crippen LogP contribution in [0.4, 0.5) is 5.82 Å². The van der Waals surface area contributed by atoms with E-state index in [1.54, 1.807) is 18.3 Å². The van der Waals surface area contributed by atoms with Gasteiger partial charge in [0.1, 0.15) is 11.6 Å². The molecule has 0 unspecified atom stereocenters. The Balaban J connectivity index is 1.64. The van der Waals surface area contributed by atoms with E-state index in [9.17, 15) is 5.11 Å². The number of ether oxygens (including phenoxy) is 2. The Kier molecular flexibility index (Phi) is 4.99. The highest BCUT2D eigenvalue weighted by atomic mass is 16.7. The van der Waals surface area contributed by atoms with Crippen molar-refractivity contribution in [2.24, 2.45) is 5.73 Å². The Labute approximate surface area is 163 Å². The molecule has 144 valence electrons. The molecule has 1 aromatic heterocycles. The van der Waals surface area contributed by atoms with E-state index in [1.807, 2.05) is 37.3 Å². The third-order valence-corrected chi connectivity index (χ3v) is 4.67. The van der Waals surface area contributed by atoms with Crippen molar-refractivity contribution in [2.45, 2.75) is 19.4 Å². The minimum atomic E-state index is 0.0566. The van der Waals surface area contributed by atoms with Gasteiger partial charge in [0.25, 0.3) is 0 Å². The summed E-state index contributed by atoms with van der Waals surface area (Å²) < 4.78 is 10.8. The average molecular weight is 378 g/mol. The number of rotatable bonds is 6. The molecule has 0 amide bonds. The van der Waals surface area contributed by atoms with Crippen LogP contribution in [0.3, 0.4) is 0 Å². The summed E-state index contributed by atoms with van der Waals surface area (Å²) >= 11 is 0. The van der Waals surface area contributed by atoms with Crippen molar-refractivity contribution < 1.29 is 14.6 Å². The molecule has 0 aliphatic carbocycles. The Morgan fingerprint density at radius 1 is 1.11 bits per heavy atom. The molecule has 2 aromatic carbocycles. The quantitative estimate of drug-likeness (QED) is 0.604. The van der Waals surface area contributed by atoms with Gasteiger partial charge in [-0.15, -0.1) is 0 Å². The van der Waals surface area contributed by atoms with E-state index in [-0.39, 0.29) is 18.6 Å². The van der Waals surface area contributed by atoms with Crippen LogP contribution in [0.2, 0.25) is 0 Å². The highest BCUT2D eigenvalue weighted by Crippen LogP contribution is 2.38. The molecule has 4 rings (SSSR count). The van der Waals surface area contributed by atoms with Crippen molar-refractivity contribution in [3.05, 3.63) is 48.7 Å². The molecule has 0 fully saturated rings. The van der Waals surface area contributed by atoms with Crippen LogP contribution in [-0.2, 0) is 0 Å². The van der Waals surface area contributed by atoms with Crippen molar-refractivity contribution in [2.75, 3.05) is 18.7 Å². The summed E-state index contributed by atoms with van der Waals surface area (Å²) in [5, 5.41) is 13.6. The number of nitrogens with two attached hydrogens (primary N) is 1. The number of hydrogen-bond donors (Lipinski definition) is 3. The summed E-state index contributed by atoms with van der Waals surface area (Å²) in [5.74, 6) is 2.67. The normalized spacial score (nSPS) is 13.4. The number of fused-ring (bicyclic) bond motifs is 1. The average Bonchev–Trinajstić information content (AvgIpc) is 3.20. The second-order valence-electron chi connectivity index (χ2n) is 6.61. The first-order valence-corrected chi connectivity index (χ1v) is 9.20. The molecular weight excluding hydrogens is 356 g/mol. The zero-order valence-corrected chi connectivity index (χ0v) is 15.6. The van der Waals surface area contributed by atoms with Gasteiger partial charge in [-0.05, 0) is 47.9 Å². The molecule has 28 heavy (non-hydrogen) atoms. The number of benzene rings is 2. The number of nitrogens with zero attached hydrogens (tertiary/aromatic N) is 2. The molecule has 0 spiro atoms. The van der Waals surface area contributed by atoms with Crippen LogP contribution in [0.5, 0.6) is 17.2 Å². The fourth-order valence-corrected chi connectivity index (χ4v) is 2.94. The van der Waals surface area contributed by atoms with Gasteiger partial charge in [0, 0.05) is 18.8 Å². The van der Waals surface area contributed by atoms with E-state index in [2.05, 4.69) is 15.3 Å². The van der Waals surface area contributed by atoms with Gasteiger partial charge in [-0.3, -0.25) is 0 Å². The van der Waals surface area contributed by atoms with Crippen molar-refractivity contribution in [3.8, 4) is 39.8 Å². The van der Waals surface area contributed by atoms with Gasteiger partial charge in [-0.1, -0.05) is 19.1 Å². The molecule has 2 heterocycles. The summed E-state index contributed by atoms with van der Waals surface area (Å²) in [6.45, 7) is 2.89. The fraction of sp³-hybridized carbons (Fsp3) is 0.238. The predicted octanol–water partition coefficient (Wildman–Crippen LogP) is 3.39. The van der Waals surface area contributed by atoms with E-state index < -0.39 is 0 Å². The lowest BCUT2D eigenvalue weighted by molar-refractivity contribution is 0.174. The molecule has 7 heteroatoms. The van der Waals surface area contributed by atoms with Crippen LogP contribution >= 0.6 is 0 Å². The van der Waals surface area contributed by atoms with Gasteiger partial charge in [0.15, 0.2) is 17.3 Å². The minimum Gasteiger partial charge on any atom is -0.507 e. The van der Waals surface area contributed by atoms with E-state index in [1.165, 1.54) is 0 Å². The number of hydrogen-bond acceptors (Lipinski definition) is 7. The summed E-state index contributed by atoms with van der Waals surface area (Å²) in [4.78, 5) is 8.84. The zero-order valence-electron chi connectivity index (χ0n) is 15.6. The number of phenols is 1. The molecule has 3 aromatic rings. The highest BCUT2D eigenvalue weighted by Gasteiger charge is 2.15. The number of phenolic OH excluding ortho intramolecular Hbond substituents is 1. The molecule has 0 saturated heterocycles. The van der Waals surface area contributed by atoms with Gasteiger partial charge in [-0.25, -0.2) is 9.97 Å². The molecule has 0 radical (unpaired) electrons. The van der Waals surface area contributed by atoms with E-state index in [4.69, 9.17) is 15.2 Å². The summed E-state index contributed by atoms with van der Waals surface area (Å²) in [6.07, 6.45) is 2.54. The third kappa shape index (κ3) is 3.70. The second-order valence-corrected chi connectivity index (χ2v) is 6.61. The second kappa shape index (κ2) is 7.74. The van der Waals surface area contributed by atoms with E-state index in [0.29, 0.717) is 29.5 Å². The van der Waals surface area contributed by atoms with Crippen LogP contribution in [0.1, 0.15) is 13.3 Å². The summed E-state index contributed by atoms with van der Waals surface area (Å²) in [6, 6.07) is 12.9. The molecular formula is C21H22N4O3. The third-order valence-electron chi connectivity index (χ3n) is 4.67. The molecule has 1 atom stereocenters. The van der Waals surface area contributed by atoms with Crippen LogP contribution < -0.4 is 20.5 Å². The minimum absolute atomic E-state index is 0.0566. The van der Waals surface area contributed by atoms with Gasteiger partial charge in [0.05, 0.1) is 5.56 Å². The lowest BCUT2D eigenvalue weighted by atomic mass is 10.0. The monoisotopic (exact) mass is 378 g/mol. The zero-order chi connectivity index (χ0) is 19.5. The molecule has 4 N–H and O–H groups in total. The van der Waals surface area contributed by atoms with Crippen molar-refractivity contribution >= 4 is 5.82 Å². The smallest absolute Gasteiger partial charge is 0.231 e. The first-order valence-electron chi connectivity index (χ1n) is 9.20. The van der Waals surface area contributed by atoms with Crippen LogP contribution in [0, 0.1) is 0 Å². The molecule has 7 nitrogen and oxygen atoms in total. The summed E-state index contributed by atoms with van der Waals surface area (Å²) in [7, 11) is 0. The highest BCUT2D eigenvalue weighted by molar-refractivity contribution is 5.76. The topological polar surface area (TPSA) is 103 Å². The molecule has 1 aliphatic rings. The number of aromatic hydroxyl groups is 1. The van der Waals surface area contributed by atoms with Crippen molar-refractivity contribution in [3.63, 3.8) is 0 Å². The number of nitrogens with one attached hydrogen (secondary N) is 1. The van der Waals surface area contributed by atoms with Crippen LogP contribution in [0.15, 0.2) is 48.7 Å². The maximum Gasteiger partial charge on any atom is 0.231 e. The van der Waals surface area contributed by atoms with Gasteiger partial charge < -0.3 is 25.6 Å². The Morgan fingerprint density at radius 2 is 1.89 bits per heavy atom. The van der Waals surface area contributed by atoms with Crippen molar-refractivity contribution in [1.29, 1.82) is 0 Å². The predicted molar refractivity (Wildman–Crippen MR) is 107 cm³/mol. The van der Waals surface area contributed by atoms with Crippen molar-refractivity contribution in [1.82, 2.24) is 9.97 Å². The summed E-state index contributed by atoms with van der Waals surface area (Å²) in [5.41, 5.74) is 8.38. The maximum absolute atomic E-state index is 10.4. The number of anilines is 1. The number of aromatic nitrogens is 2. The first kappa shape index (κ1) is 18.1. The Hall–Kier alpha value is -3.32.